The van der Waals surface area contributed by atoms with Crippen LogP contribution in [-0.2, 0) is 0 Å². The maximum atomic E-state index is 11.8. The van der Waals surface area contributed by atoms with Crippen molar-refractivity contribution in [2.75, 3.05) is 18.4 Å². The van der Waals surface area contributed by atoms with Gasteiger partial charge in [-0.25, -0.2) is 4.99 Å². The molecule has 4 heteroatoms. The van der Waals surface area contributed by atoms with Crippen molar-refractivity contribution in [1.29, 1.82) is 0 Å². The molecular formula is C16H25N2O2+. The van der Waals surface area contributed by atoms with Gasteiger partial charge in [0.15, 0.2) is 5.69 Å². The summed E-state index contributed by atoms with van der Waals surface area (Å²) in [6, 6.07) is 2.69. The molecule has 0 saturated carbocycles. The van der Waals surface area contributed by atoms with Gasteiger partial charge in [-0.3, -0.25) is 9.59 Å². The number of benzene rings is 1. The van der Waals surface area contributed by atoms with E-state index in [-0.39, 0.29) is 21.7 Å². The third kappa shape index (κ3) is 5.59. The second kappa shape index (κ2) is 5.81. The van der Waals surface area contributed by atoms with Gasteiger partial charge in [0.05, 0.1) is 6.54 Å². The molecular weight excluding hydrogens is 252 g/mol. The third-order valence-electron chi connectivity index (χ3n) is 2.59. The van der Waals surface area contributed by atoms with Crippen molar-refractivity contribution < 1.29 is 0 Å². The molecule has 0 aliphatic heterocycles. The molecule has 1 aromatic carbocycles. The van der Waals surface area contributed by atoms with Crippen molar-refractivity contribution in [2.45, 2.75) is 41.5 Å². The highest BCUT2D eigenvalue weighted by atomic mass is 16.1. The molecule has 0 saturated heterocycles. The van der Waals surface area contributed by atoms with Crippen LogP contribution in [0.15, 0.2) is 26.7 Å². The quantitative estimate of drug-likeness (QED) is 0.859. The van der Waals surface area contributed by atoms with Crippen molar-refractivity contribution in [2.24, 2.45) is 15.8 Å². The summed E-state index contributed by atoms with van der Waals surface area (Å²) in [4.78, 5) is 27.9. The second-order valence-corrected chi connectivity index (χ2v) is 7.61. The lowest BCUT2D eigenvalue weighted by atomic mass is 9.97. The van der Waals surface area contributed by atoms with Gasteiger partial charge in [-0.05, 0) is 10.8 Å². The van der Waals surface area contributed by atoms with Gasteiger partial charge in [0, 0.05) is 6.54 Å². The lowest BCUT2D eigenvalue weighted by Gasteiger charge is -2.17. The summed E-state index contributed by atoms with van der Waals surface area (Å²) in [5.41, 5.74) is -0.0472. The van der Waals surface area contributed by atoms with Crippen molar-refractivity contribution in [3.63, 3.8) is 0 Å². The first-order chi connectivity index (χ1) is 8.98. The number of nitrogens with zero attached hydrogens (tertiary/aromatic N) is 1. The molecule has 0 atom stereocenters. The largest absolute Gasteiger partial charge is 0.330 e. The highest BCUT2D eigenvalue weighted by Crippen LogP contribution is 2.13. The van der Waals surface area contributed by atoms with Gasteiger partial charge in [-0.1, -0.05) is 41.5 Å². The number of hydrogen-bond donors (Lipinski definition) is 1. The summed E-state index contributed by atoms with van der Waals surface area (Å²) >= 11 is 0. The first-order valence-corrected chi connectivity index (χ1v) is 6.91. The normalized spacial score (nSPS) is 13.6. The van der Waals surface area contributed by atoms with Crippen molar-refractivity contribution in [1.82, 2.24) is 0 Å². The fraction of sp³-hybridized carbons (Fsp3) is 0.625. The van der Waals surface area contributed by atoms with E-state index < -0.39 is 0 Å². The van der Waals surface area contributed by atoms with E-state index in [2.05, 4.69) is 51.9 Å². The highest BCUT2D eigenvalue weighted by molar-refractivity contribution is 5.42. The molecule has 1 aromatic rings. The van der Waals surface area contributed by atoms with Crippen LogP contribution in [-0.4, -0.2) is 13.1 Å². The fourth-order valence-corrected chi connectivity index (χ4v) is 1.49. The van der Waals surface area contributed by atoms with E-state index in [4.69, 9.17) is 0 Å². The minimum atomic E-state index is -0.305. The molecule has 110 valence electrons. The van der Waals surface area contributed by atoms with E-state index in [0.717, 1.165) is 6.07 Å². The summed E-state index contributed by atoms with van der Waals surface area (Å²) < 4.78 is 0. The van der Waals surface area contributed by atoms with E-state index in [0.29, 0.717) is 24.1 Å². The summed E-state index contributed by atoms with van der Waals surface area (Å²) in [7, 11) is 0. The molecule has 0 fully saturated rings. The smallest absolute Gasteiger partial charge is 0.315 e. The topological polar surface area (TPSA) is 58.5 Å². The molecule has 1 rings (SSSR count). The molecule has 0 aliphatic rings. The zero-order chi connectivity index (χ0) is 15.6. The Morgan fingerprint density at radius 1 is 1.05 bits per heavy atom. The molecule has 0 bridgehead atoms. The molecule has 0 unspecified atom stereocenters. The van der Waals surface area contributed by atoms with Crippen LogP contribution in [0.25, 0.3) is 0 Å². The highest BCUT2D eigenvalue weighted by Gasteiger charge is 2.16. The van der Waals surface area contributed by atoms with Gasteiger partial charge in [-0.15, -0.1) is 0 Å². The molecule has 1 N–H and O–H groups in total. The first-order valence-electron chi connectivity index (χ1n) is 6.91. The Balaban J connectivity index is 3.10. The number of hydrogen-bond acceptors (Lipinski definition) is 4. The van der Waals surface area contributed by atoms with Crippen LogP contribution in [0.4, 0.5) is 5.69 Å². The Morgan fingerprint density at radius 3 is 2.15 bits per heavy atom. The fourth-order valence-electron chi connectivity index (χ4n) is 1.49. The van der Waals surface area contributed by atoms with Crippen molar-refractivity contribution in [3.8, 4) is 0 Å². The molecule has 0 amide bonds. The van der Waals surface area contributed by atoms with Crippen molar-refractivity contribution in [3.05, 3.63) is 37.9 Å². The van der Waals surface area contributed by atoms with Crippen LogP contribution >= 0.6 is 0 Å². The van der Waals surface area contributed by atoms with Gasteiger partial charge in [0.25, 0.3) is 0 Å². The summed E-state index contributed by atoms with van der Waals surface area (Å²) in [6.07, 6.45) is 0. The van der Waals surface area contributed by atoms with E-state index >= 15 is 0 Å². The van der Waals surface area contributed by atoms with Gasteiger partial charge in [0.1, 0.15) is 12.1 Å². The average Bonchev–Trinajstić information content (AvgIpc) is 2.24. The van der Waals surface area contributed by atoms with Gasteiger partial charge >= 0.3 is 10.9 Å². The van der Waals surface area contributed by atoms with Gasteiger partial charge in [-0.2, -0.15) is 0 Å². The predicted octanol–water partition coefficient (Wildman–Crippen LogP) is 1.97. The van der Waals surface area contributed by atoms with Crippen LogP contribution in [0.2, 0.25) is 0 Å². The van der Waals surface area contributed by atoms with E-state index in [1.807, 2.05) is 0 Å². The monoisotopic (exact) mass is 277 g/mol. The molecule has 0 spiro atoms. The maximum Gasteiger partial charge on any atom is 0.315 e. The van der Waals surface area contributed by atoms with Crippen LogP contribution in [0.1, 0.15) is 41.5 Å². The summed E-state index contributed by atoms with van der Waals surface area (Å²) in [5, 5.41) is 3.46. The Morgan fingerprint density at radius 2 is 1.65 bits per heavy atom. The predicted molar refractivity (Wildman–Crippen MR) is 83.6 cm³/mol. The minimum Gasteiger partial charge on any atom is -0.330 e. The second-order valence-electron chi connectivity index (χ2n) is 7.61. The molecule has 20 heavy (non-hydrogen) atoms. The van der Waals surface area contributed by atoms with Crippen LogP contribution in [0.3, 0.4) is 0 Å². The molecule has 0 radical (unpaired) electrons. The Bertz CT molecular complexity index is 616. The lowest BCUT2D eigenvalue weighted by Crippen LogP contribution is -2.32. The van der Waals surface area contributed by atoms with Crippen LogP contribution in [0.5, 0.6) is 0 Å². The zero-order valence-electron chi connectivity index (χ0n) is 13.3. The number of nitrogens with one attached hydrogen (secondary N) is 1. The Labute approximate surface area is 120 Å². The zero-order valence-corrected chi connectivity index (χ0v) is 13.3. The average molecular weight is 277 g/mol. The van der Waals surface area contributed by atoms with Crippen LogP contribution < -0.4 is 21.5 Å². The minimum absolute atomic E-state index is 0.0155. The van der Waals surface area contributed by atoms with Gasteiger partial charge in [0.2, 0.25) is 5.36 Å². The van der Waals surface area contributed by atoms with E-state index in [9.17, 15) is 9.59 Å². The molecule has 0 heterocycles. The van der Waals surface area contributed by atoms with Crippen molar-refractivity contribution >= 4 is 5.69 Å². The Kier molecular flexibility index (Phi) is 4.79. The maximum absolute atomic E-state index is 11.8. The Hall–Kier alpha value is -1.58. The number of anilines is 1. The molecule has 0 aliphatic carbocycles. The van der Waals surface area contributed by atoms with Gasteiger partial charge < -0.3 is 5.32 Å². The lowest BCUT2D eigenvalue weighted by molar-refractivity contribution is 0.425. The van der Waals surface area contributed by atoms with E-state index in [1.54, 1.807) is 6.07 Å². The standard InChI is InChI=1S/C16H25N2O2/c1-15(2,3)9-17-11-7-12(14(20)8-13(11)19)18-10-16(4,5)6/h7-8,17H,9-10H2,1-6H3/q+1. The third-order valence-corrected chi connectivity index (χ3v) is 2.59. The SMILES string of the molecule is CC(C)(C)CN=c1cc(NCC(C)(C)C)c(=O)[cH+]c1=O. The molecule has 0 aromatic heterocycles. The summed E-state index contributed by atoms with van der Waals surface area (Å²) in [6.45, 7) is 13.6. The number of rotatable bonds is 3. The molecule has 4 nitrogen and oxygen atoms in total. The van der Waals surface area contributed by atoms with E-state index in [1.165, 1.54) is 0 Å². The van der Waals surface area contributed by atoms with Crippen LogP contribution in [0, 0.1) is 10.8 Å². The first kappa shape index (κ1) is 16.5. The summed E-state index contributed by atoms with van der Waals surface area (Å²) in [5.74, 6) is 0.